The summed E-state index contributed by atoms with van der Waals surface area (Å²) in [6, 6.07) is 0. The van der Waals surface area contributed by atoms with Gasteiger partial charge in [0.05, 0.1) is 0 Å². The lowest BCUT2D eigenvalue weighted by Gasteiger charge is -2.17. The van der Waals surface area contributed by atoms with Crippen molar-refractivity contribution in [2.75, 3.05) is 7.05 Å². The molecule has 1 nitrogen and oxygen atoms in total. The van der Waals surface area contributed by atoms with Crippen LogP contribution in [0.15, 0.2) is 12.3 Å². The van der Waals surface area contributed by atoms with Crippen LogP contribution in [-0.4, -0.2) is 7.05 Å². The molecule has 0 atom stereocenters. The maximum atomic E-state index is 3.96. The fourth-order valence-electron chi connectivity index (χ4n) is 2.71. The van der Waals surface area contributed by atoms with Crippen LogP contribution in [0, 0.1) is 5.41 Å². The summed E-state index contributed by atoms with van der Waals surface area (Å²) in [6.07, 6.45) is 18.1. The first-order chi connectivity index (χ1) is 9.95. The minimum absolute atomic E-state index is 0.527. The molecule has 0 saturated heterocycles. The second kappa shape index (κ2) is 13.2. The van der Waals surface area contributed by atoms with Gasteiger partial charge in [0.2, 0.25) is 0 Å². The minimum Gasteiger partial charge on any atom is -0.392 e. The molecule has 0 radical (unpaired) electrons. The molecule has 0 bridgehead atoms. The highest BCUT2D eigenvalue weighted by Gasteiger charge is 2.08. The van der Waals surface area contributed by atoms with E-state index in [2.05, 4.69) is 32.7 Å². The first-order valence-electron chi connectivity index (χ1n) is 9.31. The molecule has 0 aliphatic rings. The van der Waals surface area contributed by atoms with Gasteiger partial charge in [-0.2, -0.15) is 0 Å². The molecule has 0 aliphatic heterocycles. The van der Waals surface area contributed by atoms with E-state index in [1.54, 1.807) is 0 Å². The maximum absolute atomic E-state index is 3.96. The van der Waals surface area contributed by atoms with E-state index in [0.29, 0.717) is 5.41 Å². The molecule has 0 spiro atoms. The molecule has 0 aliphatic carbocycles. The Hall–Kier alpha value is -0.460. The molecule has 21 heavy (non-hydrogen) atoms. The van der Waals surface area contributed by atoms with Gasteiger partial charge in [0.25, 0.3) is 0 Å². The fourth-order valence-corrected chi connectivity index (χ4v) is 2.71. The third-order valence-electron chi connectivity index (χ3n) is 4.26. The Bertz CT molecular complexity index is 237. The first kappa shape index (κ1) is 20.5. The summed E-state index contributed by atoms with van der Waals surface area (Å²) < 4.78 is 0. The molecule has 1 heteroatoms. The first-order valence-corrected chi connectivity index (χ1v) is 9.31. The van der Waals surface area contributed by atoms with E-state index in [-0.39, 0.29) is 0 Å². The van der Waals surface area contributed by atoms with Gasteiger partial charge < -0.3 is 5.32 Å². The summed E-state index contributed by atoms with van der Waals surface area (Å²) in [6.45, 7) is 11.0. The largest absolute Gasteiger partial charge is 0.392 e. The van der Waals surface area contributed by atoms with Crippen molar-refractivity contribution in [1.82, 2.24) is 5.32 Å². The Kier molecular flexibility index (Phi) is 12.9. The van der Waals surface area contributed by atoms with Crippen LogP contribution >= 0.6 is 0 Å². The lowest BCUT2D eigenvalue weighted by molar-refractivity contribution is 0.356. The average Bonchev–Trinajstić information content (AvgIpc) is 2.42. The van der Waals surface area contributed by atoms with Gasteiger partial charge >= 0.3 is 0 Å². The number of hydrogen-bond acceptors (Lipinski definition) is 1. The van der Waals surface area contributed by atoms with E-state index in [4.69, 9.17) is 0 Å². The fraction of sp³-hybridized carbons (Fsp3) is 0.900. The van der Waals surface area contributed by atoms with Crippen LogP contribution in [0.1, 0.15) is 104 Å². The molecule has 0 rings (SSSR count). The molecule has 0 fully saturated rings. The highest BCUT2D eigenvalue weighted by Crippen LogP contribution is 2.22. The topological polar surface area (TPSA) is 12.0 Å². The SMILES string of the molecule is C=C(CCCCCCCCCCCCCC(C)(C)C)NC. The maximum Gasteiger partial charge on any atom is 0.00310 e. The van der Waals surface area contributed by atoms with Gasteiger partial charge in [0, 0.05) is 12.7 Å². The van der Waals surface area contributed by atoms with Crippen molar-refractivity contribution in [2.24, 2.45) is 5.41 Å². The Morgan fingerprint density at radius 2 is 1.10 bits per heavy atom. The van der Waals surface area contributed by atoms with E-state index in [1.165, 1.54) is 82.7 Å². The summed E-state index contributed by atoms with van der Waals surface area (Å²) in [7, 11) is 1.96. The summed E-state index contributed by atoms with van der Waals surface area (Å²) in [5.74, 6) is 0. The number of hydrogen-bond donors (Lipinski definition) is 1. The third-order valence-corrected chi connectivity index (χ3v) is 4.26. The highest BCUT2D eigenvalue weighted by atomic mass is 14.8. The second-order valence-corrected chi connectivity index (χ2v) is 7.80. The quantitative estimate of drug-likeness (QED) is 0.346. The smallest absolute Gasteiger partial charge is 0.00310 e. The Balaban J connectivity index is 3.08. The molecule has 126 valence electrons. The van der Waals surface area contributed by atoms with E-state index < -0.39 is 0 Å². The lowest BCUT2D eigenvalue weighted by Crippen LogP contribution is -2.03. The number of rotatable bonds is 14. The van der Waals surface area contributed by atoms with Gasteiger partial charge in [-0.15, -0.1) is 0 Å². The zero-order valence-electron chi connectivity index (χ0n) is 15.4. The summed E-state index contributed by atoms with van der Waals surface area (Å²) >= 11 is 0. The van der Waals surface area contributed by atoms with Crippen molar-refractivity contribution in [3.63, 3.8) is 0 Å². The van der Waals surface area contributed by atoms with Crippen LogP contribution in [0.4, 0.5) is 0 Å². The summed E-state index contributed by atoms with van der Waals surface area (Å²) in [5.41, 5.74) is 1.71. The predicted molar refractivity (Wildman–Crippen MR) is 97.7 cm³/mol. The van der Waals surface area contributed by atoms with Crippen LogP contribution < -0.4 is 5.32 Å². The van der Waals surface area contributed by atoms with Gasteiger partial charge in [0.1, 0.15) is 0 Å². The molecule has 0 aromatic rings. The van der Waals surface area contributed by atoms with Crippen LogP contribution in [0.25, 0.3) is 0 Å². The van der Waals surface area contributed by atoms with Crippen molar-refractivity contribution in [3.8, 4) is 0 Å². The summed E-state index contributed by atoms with van der Waals surface area (Å²) in [5, 5.41) is 3.12. The predicted octanol–water partition coefficient (Wildman–Crippen LogP) is 6.84. The van der Waals surface area contributed by atoms with Crippen LogP contribution in [0.2, 0.25) is 0 Å². The van der Waals surface area contributed by atoms with Gasteiger partial charge in [-0.05, 0) is 24.7 Å². The molecule has 1 N–H and O–H groups in total. The minimum atomic E-state index is 0.527. The molecule has 0 amide bonds. The average molecular weight is 296 g/mol. The van der Waals surface area contributed by atoms with Gasteiger partial charge in [0.15, 0.2) is 0 Å². The zero-order chi connectivity index (χ0) is 16.0. The van der Waals surface area contributed by atoms with Crippen LogP contribution in [-0.2, 0) is 0 Å². The zero-order valence-corrected chi connectivity index (χ0v) is 15.4. The van der Waals surface area contributed by atoms with Crippen molar-refractivity contribution >= 4 is 0 Å². The Labute approximate surface area is 135 Å². The molecule has 0 aromatic carbocycles. The molecular weight excluding hydrogens is 254 g/mol. The number of unbranched alkanes of at least 4 members (excludes halogenated alkanes) is 10. The van der Waals surface area contributed by atoms with Gasteiger partial charge in [-0.25, -0.2) is 0 Å². The number of nitrogens with one attached hydrogen (secondary N) is 1. The highest BCUT2D eigenvalue weighted by molar-refractivity contribution is 4.88. The summed E-state index contributed by atoms with van der Waals surface area (Å²) in [4.78, 5) is 0. The normalized spacial score (nSPS) is 11.6. The monoisotopic (exact) mass is 295 g/mol. The van der Waals surface area contributed by atoms with Crippen molar-refractivity contribution in [2.45, 2.75) is 104 Å². The Morgan fingerprint density at radius 1 is 0.714 bits per heavy atom. The van der Waals surface area contributed by atoms with Crippen LogP contribution in [0.5, 0.6) is 0 Å². The number of allylic oxidation sites excluding steroid dienone is 1. The van der Waals surface area contributed by atoms with Crippen molar-refractivity contribution in [3.05, 3.63) is 12.3 Å². The van der Waals surface area contributed by atoms with Crippen molar-refractivity contribution in [1.29, 1.82) is 0 Å². The third kappa shape index (κ3) is 17.5. The molecule has 0 saturated carbocycles. The van der Waals surface area contributed by atoms with E-state index >= 15 is 0 Å². The second-order valence-electron chi connectivity index (χ2n) is 7.80. The van der Waals surface area contributed by atoms with E-state index in [1.807, 2.05) is 7.05 Å². The Morgan fingerprint density at radius 3 is 1.48 bits per heavy atom. The van der Waals surface area contributed by atoms with Crippen molar-refractivity contribution < 1.29 is 0 Å². The van der Waals surface area contributed by atoms with Gasteiger partial charge in [-0.1, -0.05) is 91.6 Å². The van der Waals surface area contributed by atoms with E-state index in [0.717, 1.165) is 6.42 Å². The van der Waals surface area contributed by atoms with Gasteiger partial charge in [-0.3, -0.25) is 0 Å². The molecule has 0 heterocycles. The molecule has 0 unspecified atom stereocenters. The van der Waals surface area contributed by atoms with E-state index in [9.17, 15) is 0 Å². The standard InChI is InChI=1S/C20H41N/c1-19(21-5)17-15-13-11-9-7-6-8-10-12-14-16-18-20(2,3)4/h21H,1,6-18H2,2-5H3. The molecular formula is C20H41N. The lowest BCUT2D eigenvalue weighted by atomic mass is 9.89. The van der Waals surface area contributed by atoms with Crippen LogP contribution in [0.3, 0.4) is 0 Å². The molecule has 0 aromatic heterocycles.